The van der Waals surface area contributed by atoms with Gasteiger partial charge in [0.15, 0.2) is 23.0 Å². The fourth-order valence-corrected chi connectivity index (χ4v) is 4.99. The Morgan fingerprint density at radius 1 is 0.649 bits per heavy atom. The summed E-state index contributed by atoms with van der Waals surface area (Å²) in [5, 5.41) is 10.9. The molecule has 37 heavy (non-hydrogen) atoms. The Morgan fingerprint density at radius 2 is 1.05 bits per heavy atom. The molecule has 0 radical (unpaired) electrons. The van der Waals surface area contributed by atoms with Gasteiger partial charge in [0.1, 0.15) is 12.2 Å². The van der Waals surface area contributed by atoms with Crippen LogP contribution in [-0.4, -0.2) is 52.6 Å². The maximum Gasteiger partial charge on any atom is 0.303 e. The highest BCUT2D eigenvalue weighted by molar-refractivity contribution is 5.89. The van der Waals surface area contributed by atoms with Crippen LogP contribution in [0.25, 0.3) is 11.1 Å². The molecule has 10 heteroatoms. The first-order valence-electron chi connectivity index (χ1n) is 11.7. The molecule has 10 nitrogen and oxygen atoms in total. The molecule has 0 saturated carbocycles. The molecule has 2 aromatic carbocycles. The van der Waals surface area contributed by atoms with Crippen LogP contribution < -0.4 is 23.7 Å². The van der Waals surface area contributed by atoms with Crippen LogP contribution in [-0.2, 0) is 19.1 Å². The van der Waals surface area contributed by atoms with Crippen LogP contribution in [0.15, 0.2) is 12.1 Å². The molecule has 0 heterocycles. The Balaban J connectivity index is 2.66. The summed E-state index contributed by atoms with van der Waals surface area (Å²) >= 11 is 0. The minimum Gasteiger partial charge on any atom is -0.504 e. The highest BCUT2D eigenvalue weighted by atomic mass is 16.6. The second-order valence-electron chi connectivity index (χ2n) is 8.81. The number of benzene rings is 2. The van der Waals surface area contributed by atoms with Gasteiger partial charge < -0.3 is 38.3 Å². The summed E-state index contributed by atoms with van der Waals surface area (Å²) in [6.07, 6.45) is -1.65. The Morgan fingerprint density at radius 3 is 1.43 bits per heavy atom. The minimum atomic E-state index is -0.850. The standard InChI is InChI=1S/C27H34O10/c1-12-13(2)23(37-15(4)29)17-11-19(31-5)25(33-7)27(35-9)21(17)20-16(22(12)36-14(3)28)10-18(30)24(32-6)26(20)34-8/h10-13,22-23,30H,1-9H3. The molecule has 2 aromatic rings. The van der Waals surface area contributed by atoms with E-state index in [2.05, 4.69) is 0 Å². The van der Waals surface area contributed by atoms with Crippen molar-refractivity contribution in [2.24, 2.45) is 11.8 Å². The SMILES string of the molecule is COc1cc2c(c(OC)c1OC)-c1c(cc(O)c(OC)c1OC)C(OC(C)=O)C(C)C(C)C2OC(C)=O. The van der Waals surface area contributed by atoms with E-state index in [1.807, 2.05) is 13.8 Å². The molecule has 0 saturated heterocycles. The third-order valence-electron chi connectivity index (χ3n) is 6.75. The molecule has 0 amide bonds. The number of phenols is 1. The molecular weight excluding hydrogens is 484 g/mol. The van der Waals surface area contributed by atoms with Crippen molar-refractivity contribution < 1.29 is 47.9 Å². The van der Waals surface area contributed by atoms with Crippen LogP contribution in [0.2, 0.25) is 0 Å². The molecule has 0 aromatic heterocycles. The Labute approximate surface area is 216 Å². The average Bonchev–Trinajstić information content (AvgIpc) is 2.86. The molecule has 1 aliphatic carbocycles. The fourth-order valence-electron chi connectivity index (χ4n) is 4.99. The van der Waals surface area contributed by atoms with E-state index in [0.717, 1.165) is 0 Å². The van der Waals surface area contributed by atoms with Crippen molar-refractivity contribution in [1.29, 1.82) is 0 Å². The summed E-state index contributed by atoms with van der Waals surface area (Å²) in [6.45, 7) is 6.41. The number of esters is 2. The van der Waals surface area contributed by atoms with Crippen molar-refractivity contribution in [3.63, 3.8) is 0 Å². The summed E-state index contributed by atoms with van der Waals surface area (Å²) in [6, 6.07) is 3.21. The number of fused-ring (bicyclic) bond motifs is 3. The Kier molecular flexibility index (Phi) is 8.30. The largest absolute Gasteiger partial charge is 0.504 e. The first-order valence-corrected chi connectivity index (χ1v) is 11.7. The predicted octanol–water partition coefficient (Wildman–Crippen LogP) is 4.60. The lowest BCUT2D eigenvalue weighted by Gasteiger charge is -2.38. The average molecular weight is 519 g/mol. The van der Waals surface area contributed by atoms with Crippen molar-refractivity contribution in [2.75, 3.05) is 35.5 Å². The Bertz CT molecular complexity index is 1190. The fraction of sp³-hybridized carbons (Fsp3) is 0.481. The molecule has 3 rings (SSSR count). The number of hydrogen-bond donors (Lipinski definition) is 1. The maximum absolute atomic E-state index is 12.3. The molecular formula is C27H34O10. The Hall–Kier alpha value is -3.82. The zero-order valence-corrected chi connectivity index (χ0v) is 22.6. The topological polar surface area (TPSA) is 119 Å². The summed E-state index contributed by atoms with van der Waals surface area (Å²) in [7, 11) is 7.26. The van der Waals surface area contributed by atoms with Gasteiger partial charge in [-0.15, -0.1) is 0 Å². The molecule has 1 N–H and O–H groups in total. The number of phenolic OH excluding ortho intramolecular Hbond substituents is 1. The number of rotatable bonds is 7. The van der Waals surface area contributed by atoms with E-state index in [4.69, 9.17) is 33.2 Å². The van der Waals surface area contributed by atoms with Gasteiger partial charge in [-0.1, -0.05) is 13.8 Å². The summed E-state index contributed by atoms with van der Waals surface area (Å²) in [5.74, 6) is -0.806. The van der Waals surface area contributed by atoms with Gasteiger partial charge in [0.05, 0.1) is 35.5 Å². The van der Waals surface area contributed by atoms with E-state index in [0.29, 0.717) is 28.0 Å². The predicted molar refractivity (Wildman–Crippen MR) is 134 cm³/mol. The van der Waals surface area contributed by atoms with E-state index in [-0.39, 0.29) is 40.6 Å². The van der Waals surface area contributed by atoms with Gasteiger partial charge in [0.25, 0.3) is 0 Å². The first-order chi connectivity index (χ1) is 17.6. The first kappa shape index (κ1) is 27.8. The highest BCUT2D eigenvalue weighted by Crippen LogP contribution is 2.59. The van der Waals surface area contributed by atoms with E-state index >= 15 is 0 Å². The van der Waals surface area contributed by atoms with Gasteiger partial charge in [0, 0.05) is 47.9 Å². The van der Waals surface area contributed by atoms with E-state index in [1.165, 1.54) is 55.5 Å². The van der Waals surface area contributed by atoms with Crippen molar-refractivity contribution >= 4 is 11.9 Å². The van der Waals surface area contributed by atoms with Crippen molar-refractivity contribution in [2.45, 2.75) is 39.9 Å². The van der Waals surface area contributed by atoms with Gasteiger partial charge in [0.2, 0.25) is 11.5 Å². The second kappa shape index (κ2) is 11.1. The highest BCUT2D eigenvalue weighted by Gasteiger charge is 2.43. The quantitative estimate of drug-likeness (QED) is 0.521. The van der Waals surface area contributed by atoms with Gasteiger partial charge in [-0.3, -0.25) is 9.59 Å². The lowest BCUT2D eigenvalue weighted by atomic mass is 9.74. The zero-order valence-electron chi connectivity index (χ0n) is 22.6. The molecule has 0 bridgehead atoms. The summed E-state index contributed by atoms with van der Waals surface area (Å²) in [5.41, 5.74) is 1.88. The molecule has 0 spiro atoms. The van der Waals surface area contributed by atoms with Crippen molar-refractivity contribution in [1.82, 2.24) is 0 Å². The van der Waals surface area contributed by atoms with Gasteiger partial charge in [-0.25, -0.2) is 0 Å². The number of carbonyl (C=O) groups excluding carboxylic acids is 2. The normalized spacial score (nSPS) is 20.4. The maximum atomic E-state index is 12.3. The van der Waals surface area contributed by atoms with Crippen LogP contribution in [0.4, 0.5) is 0 Å². The lowest BCUT2D eigenvalue weighted by molar-refractivity contribution is -0.158. The van der Waals surface area contributed by atoms with Crippen LogP contribution in [0.3, 0.4) is 0 Å². The molecule has 1 aliphatic rings. The second-order valence-corrected chi connectivity index (χ2v) is 8.81. The van der Waals surface area contributed by atoms with E-state index in [1.54, 1.807) is 6.07 Å². The van der Waals surface area contributed by atoms with Crippen molar-refractivity contribution in [3.05, 3.63) is 23.3 Å². The number of aromatic hydroxyl groups is 1. The van der Waals surface area contributed by atoms with Crippen LogP contribution in [0.1, 0.15) is 51.0 Å². The monoisotopic (exact) mass is 518 g/mol. The molecule has 0 aliphatic heterocycles. The van der Waals surface area contributed by atoms with Crippen LogP contribution in [0.5, 0.6) is 34.5 Å². The zero-order chi connectivity index (χ0) is 27.6. The number of ether oxygens (including phenoxy) is 7. The summed E-state index contributed by atoms with van der Waals surface area (Å²) in [4.78, 5) is 24.6. The molecule has 0 fully saturated rings. The third-order valence-corrected chi connectivity index (χ3v) is 6.75. The van der Waals surface area contributed by atoms with Gasteiger partial charge >= 0.3 is 11.9 Å². The number of methoxy groups -OCH3 is 5. The van der Waals surface area contributed by atoms with Crippen LogP contribution in [0, 0.1) is 11.8 Å². The third kappa shape index (κ3) is 4.80. The summed E-state index contributed by atoms with van der Waals surface area (Å²) < 4.78 is 40.1. The van der Waals surface area contributed by atoms with Gasteiger partial charge in [-0.2, -0.15) is 0 Å². The molecule has 202 valence electrons. The van der Waals surface area contributed by atoms with Crippen LogP contribution >= 0.6 is 0 Å². The molecule has 4 atom stereocenters. The van der Waals surface area contributed by atoms with E-state index < -0.39 is 24.1 Å². The minimum absolute atomic E-state index is 0.0657. The lowest BCUT2D eigenvalue weighted by Crippen LogP contribution is -2.30. The number of hydrogen-bond acceptors (Lipinski definition) is 10. The van der Waals surface area contributed by atoms with Crippen molar-refractivity contribution in [3.8, 4) is 45.6 Å². The van der Waals surface area contributed by atoms with Gasteiger partial charge in [-0.05, 0) is 12.1 Å². The number of carbonyl (C=O) groups is 2. The molecule has 4 unspecified atom stereocenters. The smallest absolute Gasteiger partial charge is 0.303 e. The van der Waals surface area contributed by atoms with E-state index in [9.17, 15) is 14.7 Å².